The van der Waals surface area contributed by atoms with Gasteiger partial charge in [0, 0.05) is 0 Å². The lowest BCUT2D eigenvalue weighted by Gasteiger charge is -2.27. The van der Waals surface area contributed by atoms with Gasteiger partial charge in [0.2, 0.25) is 0 Å². The molecule has 0 saturated carbocycles. The third-order valence-electron chi connectivity index (χ3n) is 5.03. The summed E-state index contributed by atoms with van der Waals surface area (Å²) in [5.41, 5.74) is 1.48. The number of fused-ring (bicyclic) bond motifs is 1. The van der Waals surface area contributed by atoms with Crippen LogP contribution in [-0.2, 0) is 30.3 Å². The molecule has 0 amide bonds. The van der Waals surface area contributed by atoms with Crippen LogP contribution in [0.25, 0.3) is 0 Å². The largest absolute Gasteiger partial charge is 0.457 e. The predicted molar refractivity (Wildman–Crippen MR) is 99.5 cm³/mol. The monoisotopic (exact) mass is 382 g/mol. The van der Waals surface area contributed by atoms with Crippen LogP contribution in [0.3, 0.4) is 0 Å². The zero-order chi connectivity index (χ0) is 19.5. The Hall–Kier alpha value is -2.70. The molecule has 0 N–H and O–H groups in total. The number of hydrogen-bond acceptors (Lipinski definition) is 6. The Balaban J connectivity index is 1.46. The molecule has 0 bridgehead atoms. The summed E-state index contributed by atoms with van der Waals surface area (Å²) in [4.78, 5) is 24.1. The van der Waals surface area contributed by atoms with Crippen molar-refractivity contribution >= 4 is 11.9 Å². The predicted octanol–water partition coefficient (Wildman–Crippen LogP) is 2.90. The summed E-state index contributed by atoms with van der Waals surface area (Å²) in [5, 5.41) is 0. The van der Waals surface area contributed by atoms with Crippen molar-refractivity contribution in [3.63, 3.8) is 0 Å². The molecule has 0 radical (unpaired) electrons. The topological polar surface area (TPSA) is 71.1 Å². The lowest BCUT2D eigenvalue weighted by atomic mass is 10.0. The number of carbonyl (C=O) groups excluding carboxylic acids is 2. The number of carbonyl (C=O) groups is 2. The Morgan fingerprint density at radius 1 is 1.11 bits per heavy atom. The summed E-state index contributed by atoms with van der Waals surface area (Å²) in [6, 6.07) is 18.5. The maximum absolute atomic E-state index is 12.4. The second-order valence-corrected chi connectivity index (χ2v) is 7.04. The van der Waals surface area contributed by atoms with Crippen molar-refractivity contribution in [3.05, 3.63) is 71.8 Å². The van der Waals surface area contributed by atoms with Crippen LogP contribution >= 0.6 is 0 Å². The van der Waals surface area contributed by atoms with Crippen LogP contribution in [0.2, 0.25) is 0 Å². The van der Waals surface area contributed by atoms with Gasteiger partial charge in [0.25, 0.3) is 0 Å². The zero-order valence-electron chi connectivity index (χ0n) is 15.5. The van der Waals surface area contributed by atoms with Crippen LogP contribution in [0.5, 0.6) is 0 Å². The quantitative estimate of drug-likeness (QED) is 0.716. The molecule has 6 nitrogen and oxygen atoms in total. The minimum absolute atomic E-state index is 0.186. The van der Waals surface area contributed by atoms with Crippen molar-refractivity contribution in [2.45, 2.75) is 50.5 Å². The molecule has 0 spiro atoms. The number of esters is 2. The Bertz CT molecular complexity index is 821. The first-order valence-corrected chi connectivity index (χ1v) is 9.38. The zero-order valence-corrected chi connectivity index (χ0v) is 15.5. The molecule has 2 saturated heterocycles. The van der Waals surface area contributed by atoms with E-state index in [0.717, 1.165) is 5.56 Å². The number of benzene rings is 2. The third-order valence-corrected chi connectivity index (χ3v) is 5.03. The summed E-state index contributed by atoms with van der Waals surface area (Å²) >= 11 is 0. The average molecular weight is 382 g/mol. The molecule has 2 aromatic carbocycles. The maximum atomic E-state index is 12.4. The fourth-order valence-electron chi connectivity index (χ4n) is 3.64. The second kappa shape index (κ2) is 8.12. The third kappa shape index (κ3) is 3.93. The van der Waals surface area contributed by atoms with Crippen molar-refractivity contribution in [2.24, 2.45) is 0 Å². The van der Waals surface area contributed by atoms with E-state index in [1.54, 1.807) is 31.2 Å². The van der Waals surface area contributed by atoms with Crippen molar-refractivity contribution in [1.29, 1.82) is 0 Å². The minimum Gasteiger partial charge on any atom is -0.457 e. The molecule has 0 aliphatic carbocycles. The molecule has 2 aliphatic rings. The SMILES string of the molecule is C[C@@H](OC(=O)c1ccccc1)[C@@H]1O[C@H]2CC(=O)O[C@H]2[C@@H]1OCc1ccccc1. The fraction of sp³-hybridized carbons (Fsp3) is 0.364. The second-order valence-electron chi connectivity index (χ2n) is 7.04. The Kier molecular flexibility index (Phi) is 5.41. The van der Waals surface area contributed by atoms with E-state index in [2.05, 4.69) is 0 Å². The number of hydrogen-bond donors (Lipinski definition) is 0. The molecule has 2 aromatic rings. The summed E-state index contributed by atoms with van der Waals surface area (Å²) in [5.74, 6) is -0.719. The molecule has 2 aliphatic heterocycles. The molecule has 0 unspecified atom stereocenters. The van der Waals surface area contributed by atoms with E-state index in [-0.39, 0.29) is 18.5 Å². The van der Waals surface area contributed by atoms with Gasteiger partial charge in [-0.3, -0.25) is 4.79 Å². The molecule has 6 heteroatoms. The summed E-state index contributed by atoms with van der Waals surface area (Å²) < 4.78 is 23.1. The minimum atomic E-state index is -0.558. The van der Waals surface area contributed by atoms with Crippen LogP contribution < -0.4 is 0 Å². The van der Waals surface area contributed by atoms with E-state index in [0.29, 0.717) is 12.2 Å². The van der Waals surface area contributed by atoms with Gasteiger partial charge >= 0.3 is 11.9 Å². The molecule has 2 fully saturated rings. The van der Waals surface area contributed by atoms with Gasteiger partial charge in [0.05, 0.1) is 18.6 Å². The summed E-state index contributed by atoms with van der Waals surface area (Å²) in [6.07, 6.45) is -2.26. The summed E-state index contributed by atoms with van der Waals surface area (Å²) in [6.45, 7) is 2.12. The first-order valence-electron chi connectivity index (χ1n) is 9.38. The standard InChI is InChI=1S/C22H22O6/c1-14(26-22(24)16-10-6-3-7-11-16)19-21(20-17(27-19)12-18(23)28-20)25-13-15-8-4-2-5-9-15/h2-11,14,17,19-21H,12-13H2,1H3/t14-,17+,19+,20-,21-/m1/s1. The van der Waals surface area contributed by atoms with Crippen LogP contribution in [0.1, 0.15) is 29.3 Å². The van der Waals surface area contributed by atoms with Gasteiger partial charge in [-0.2, -0.15) is 0 Å². The number of ether oxygens (including phenoxy) is 4. The molecule has 2 heterocycles. The van der Waals surface area contributed by atoms with Crippen molar-refractivity contribution in [3.8, 4) is 0 Å². The molecule has 4 rings (SSSR count). The molecule has 5 atom stereocenters. The normalized spacial score (nSPS) is 27.1. The first kappa shape index (κ1) is 18.7. The number of rotatable bonds is 6. The lowest BCUT2D eigenvalue weighted by Crippen LogP contribution is -2.42. The lowest BCUT2D eigenvalue weighted by molar-refractivity contribution is -0.151. The smallest absolute Gasteiger partial charge is 0.338 e. The van der Waals surface area contributed by atoms with E-state index >= 15 is 0 Å². The molecular formula is C22H22O6. The Labute approximate surface area is 163 Å². The van der Waals surface area contributed by atoms with Gasteiger partial charge in [-0.25, -0.2) is 4.79 Å². The molecule has 0 aromatic heterocycles. The summed E-state index contributed by atoms with van der Waals surface area (Å²) in [7, 11) is 0. The van der Waals surface area contributed by atoms with Gasteiger partial charge in [-0.15, -0.1) is 0 Å². The van der Waals surface area contributed by atoms with Crippen molar-refractivity contribution < 1.29 is 28.5 Å². The van der Waals surface area contributed by atoms with Gasteiger partial charge in [0.1, 0.15) is 24.4 Å². The average Bonchev–Trinajstić information content (AvgIpc) is 3.24. The van der Waals surface area contributed by atoms with Crippen molar-refractivity contribution in [1.82, 2.24) is 0 Å². The van der Waals surface area contributed by atoms with Gasteiger partial charge in [-0.05, 0) is 24.6 Å². The molecule has 28 heavy (non-hydrogen) atoms. The highest BCUT2D eigenvalue weighted by molar-refractivity contribution is 5.89. The van der Waals surface area contributed by atoms with Gasteiger partial charge < -0.3 is 18.9 Å². The fourth-order valence-corrected chi connectivity index (χ4v) is 3.64. The first-order chi connectivity index (χ1) is 13.6. The van der Waals surface area contributed by atoms with Gasteiger partial charge in [-0.1, -0.05) is 48.5 Å². The van der Waals surface area contributed by atoms with E-state index in [9.17, 15) is 9.59 Å². The van der Waals surface area contributed by atoms with Gasteiger partial charge in [0.15, 0.2) is 6.10 Å². The Morgan fingerprint density at radius 2 is 1.79 bits per heavy atom. The molecular weight excluding hydrogens is 360 g/mol. The van der Waals surface area contributed by atoms with Crippen LogP contribution in [-0.4, -0.2) is 42.5 Å². The van der Waals surface area contributed by atoms with E-state index < -0.39 is 30.4 Å². The Morgan fingerprint density at radius 3 is 2.50 bits per heavy atom. The highest BCUT2D eigenvalue weighted by atomic mass is 16.7. The van der Waals surface area contributed by atoms with Crippen LogP contribution in [0, 0.1) is 0 Å². The van der Waals surface area contributed by atoms with E-state index in [4.69, 9.17) is 18.9 Å². The van der Waals surface area contributed by atoms with E-state index in [1.165, 1.54) is 0 Å². The highest BCUT2D eigenvalue weighted by Crippen LogP contribution is 2.36. The van der Waals surface area contributed by atoms with Crippen molar-refractivity contribution in [2.75, 3.05) is 0 Å². The molecule has 146 valence electrons. The maximum Gasteiger partial charge on any atom is 0.338 e. The van der Waals surface area contributed by atoms with Crippen LogP contribution in [0.15, 0.2) is 60.7 Å². The highest BCUT2D eigenvalue weighted by Gasteiger charge is 2.54. The van der Waals surface area contributed by atoms with Crippen LogP contribution in [0.4, 0.5) is 0 Å². The van der Waals surface area contributed by atoms with E-state index in [1.807, 2.05) is 36.4 Å².